The minimum Gasteiger partial charge on any atom is -0.489 e. The number of ether oxygens (including phenoxy) is 1. The lowest BCUT2D eigenvalue weighted by atomic mass is 9.98. The van der Waals surface area contributed by atoms with Gasteiger partial charge >= 0.3 is 5.97 Å². The first-order valence-electron chi connectivity index (χ1n) is 10.4. The average molecular weight is 437 g/mol. The van der Waals surface area contributed by atoms with Gasteiger partial charge in [-0.05, 0) is 72.0 Å². The summed E-state index contributed by atoms with van der Waals surface area (Å²) in [6, 6.07) is 16.0. The molecule has 0 aliphatic carbocycles. The number of aryl methyl sites for hydroxylation is 1. The first-order valence-corrected chi connectivity index (χ1v) is 10.8. The summed E-state index contributed by atoms with van der Waals surface area (Å²) in [5, 5.41) is 9.61. The molecule has 1 aliphatic heterocycles. The second kappa shape index (κ2) is 9.50. The van der Waals surface area contributed by atoms with E-state index in [-0.39, 0.29) is 6.42 Å². The Labute approximate surface area is 187 Å². The molecule has 3 aromatic rings. The molecule has 2 heterocycles. The predicted octanol–water partition coefficient (Wildman–Crippen LogP) is 5.12. The first-order chi connectivity index (χ1) is 15.0. The zero-order valence-corrected chi connectivity index (χ0v) is 18.2. The van der Waals surface area contributed by atoms with Gasteiger partial charge in [0.1, 0.15) is 12.4 Å². The number of pyridine rings is 1. The number of halogens is 1. The van der Waals surface area contributed by atoms with Crippen molar-refractivity contribution in [2.24, 2.45) is 0 Å². The number of rotatable bonds is 7. The molecular formula is C25H25ClN2O3. The third-order valence-corrected chi connectivity index (χ3v) is 5.85. The van der Waals surface area contributed by atoms with Crippen LogP contribution < -0.4 is 4.74 Å². The summed E-state index contributed by atoms with van der Waals surface area (Å²) in [7, 11) is 0. The van der Waals surface area contributed by atoms with E-state index in [1.807, 2.05) is 49.5 Å². The lowest BCUT2D eigenvalue weighted by molar-refractivity contribution is -0.137. The monoisotopic (exact) mass is 436 g/mol. The van der Waals surface area contributed by atoms with Crippen molar-refractivity contribution in [1.29, 1.82) is 0 Å². The summed E-state index contributed by atoms with van der Waals surface area (Å²) in [5.41, 5.74) is 6.61. The van der Waals surface area contributed by atoms with Gasteiger partial charge in [0.25, 0.3) is 0 Å². The number of carboxylic acids is 1. The number of fused-ring (bicyclic) bond motifs is 1. The molecule has 2 aromatic carbocycles. The van der Waals surface area contributed by atoms with Crippen LogP contribution in [0.3, 0.4) is 0 Å². The quantitative estimate of drug-likeness (QED) is 0.556. The number of carboxylic acid groups (broad SMARTS) is 1. The van der Waals surface area contributed by atoms with Crippen molar-refractivity contribution < 1.29 is 14.6 Å². The van der Waals surface area contributed by atoms with Gasteiger partial charge in [-0.15, -0.1) is 0 Å². The number of hydrogen-bond donors (Lipinski definition) is 1. The molecule has 0 saturated heterocycles. The molecule has 0 amide bonds. The Morgan fingerprint density at radius 2 is 1.97 bits per heavy atom. The van der Waals surface area contributed by atoms with Crippen molar-refractivity contribution in [3.05, 3.63) is 82.0 Å². The molecule has 6 heteroatoms. The van der Waals surface area contributed by atoms with Crippen LogP contribution in [0.25, 0.3) is 11.3 Å². The Morgan fingerprint density at radius 1 is 1.16 bits per heavy atom. The summed E-state index contributed by atoms with van der Waals surface area (Å²) in [4.78, 5) is 17.7. The normalized spacial score (nSPS) is 13.6. The van der Waals surface area contributed by atoms with E-state index < -0.39 is 5.97 Å². The minimum atomic E-state index is -0.754. The van der Waals surface area contributed by atoms with Crippen molar-refractivity contribution in [3.8, 4) is 17.0 Å². The van der Waals surface area contributed by atoms with Gasteiger partial charge in [-0.25, -0.2) is 0 Å². The second-order valence-corrected chi connectivity index (χ2v) is 8.34. The van der Waals surface area contributed by atoms with E-state index in [0.29, 0.717) is 13.2 Å². The van der Waals surface area contributed by atoms with Crippen molar-refractivity contribution in [2.75, 3.05) is 13.1 Å². The fraction of sp³-hybridized carbons (Fsp3) is 0.280. The smallest absolute Gasteiger partial charge is 0.304 e. The van der Waals surface area contributed by atoms with Crippen LogP contribution in [0.4, 0.5) is 0 Å². The number of benzene rings is 2. The van der Waals surface area contributed by atoms with Gasteiger partial charge in [0.05, 0.1) is 12.1 Å². The van der Waals surface area contributed by atoms with E-state index in [2.05, 4.69) is 22.0 Å². The zero-order chi connectivity index (χ0) is 21.8. The van der Waals surface area contributed by atoms with Crippen LogP contribution in [-0.2, 0) is 24.4 Å². The Hall–Kier alpha value is -2.89. The number of nitrogens with zero attached hydrogens (tertiary/aromatic N) is 2. The summed E-state index contributed by atoms with van der Waals surface area (Å²) >= 11 is 5.94. The maximum atomic E-state index is 10.8. The topological polar surface area (TPSA) is 62.7 Å². The molecule has 0 saturated carbocycles. The molecular weight excluding hydrogens is 412 g/mol. The highest BCUT2D eigenvalue weighted by Crippen LogP contribution is 2.28. The van der Waals surface area contributed by atoms with Crippen molar-refractivity contribution in [2.45, 2.75) is 32.9 Å². The number of aliphatic carboxylic acids is 1. The van der Waals surface area contributed by atoms with Crippen molar-refractivity contribution in [1.82, 2.24) is 9.88 Å². The molecule has 0 fully saturated rings. The van der Waals surface area contributed by atoms with Gasteiger partial charge < -0.3 is 9.84 Å². The van der Waals surface area contributed by atoms with Crippen LogP contribution in [0.2, 0.25) is 5.02 Å². The van der Waals surface area contributed by atoms with Gasteiger partial charge in [0.2, 0.25) is 0 Å². The highest BCUT2D eigenvalue weighted by atomic mass is 35.5. The van der Waals surface area contributed by atoms with Crippen molar-refractivity contribution >= 4 is 17.6 Å². The van der Waals surface area contributed by atoms with E-state index in [9.17, 15) is 4.79 Å². The van der Waals surface area contributed by atoms with Gasteiger partial charge in [-0.1, -0.05) is 23.7 Å². The fourth-order valence-electron chi connectivity index (χ4n) is 3.81. The molecule has 0 spiro atoms. The second-order valence-electron chi connectivity index (χ2n) is 7.90. The highest BCUT2D eigenvalue weighted by molar-refractivity contribution is 6.30. The molecule has 0 atom stereocenters. The molecule has 4 rings (SSSR count). The maximum Gasteiger partial charge on any atom is 0.304 e. The van der Waals surface area contributed by atoms with E-state index in [1.54, 1.807) is 0 Å². The fourth-order valence-corrected chi connectivity index (χ4v) is 3.94. The van der Waals surface area contributed by atoms with E-state index in [4.69, 9.17) is 21.4 Å². The Bertz CT molecular complexity index is 1080. The molecule has 1 N–H and O–H groups in total. The third kappa shape index (κ3) is 5.43. The van der Waals surface area contributed by atoms with Gasteiger partial charge in [0.15, 0.2) is 0 Å². The Kier molecular flexibility index (Phi) is 6.54. The van der Waals surface area contributed by atoms with Gasteiger partial charge in [-0.3, -0.25) is 14.7 Å². The Morgan fingerprint density at radius 3 is 2.71 bits per heavy atom. The SMILES string of the molecule is Cc1cc(-c2cc3c(cn2)CN(CCC(=O)O)CC3)ccc1OCc1ccc(Cl)cc1. The van der Waals surface area contributed by atoms with E-state index in [0.717, 1.165) is 52.7 Å². The molecule has 31 heavy (non-hydrogen) atoms. The lowest BCUT2D eigenvalue weighted by Gasteiger charge is -2.28. The maximum absolute atomic E-state index is 10.8. The predicted molar refractivity (Wildman–Crippen MR) is 121 cm³/mol. The summed E-state index contributed by atoms with van der Waals surface area (Å²) < 4.78 is 5.98. The summed E-state index contributed by atoms with van der Waals surface area (Å²) in [6.07, 6.45) is 3.01. The van der Waals surface area contributed by atoms with Crippen LogP contribution in [-0.4, -0.2) is 34.0 Å². The van der Waals surface area contributed by atoms with E-state index in [1.165, 1.54) is 11.1 Å². The molecule has 160 valence electrons. The first kappa shape index (κ1) is 21.3. The van der Waals surface area contributed by atoms with Gasteiger partial charge in [0, 0.05) is 36.4 Å². The summed E-state index contributed by atoms with van der Waals surface area (Å²) in [6.45, 7) is 4.74. The highest BCUT2D eigenvalue weighted by Gasteiger charge is 2.18. The molecule has 1 aromatic heterocycles. The molecule has 0 unspecified atom stereocenters. The lowest BCUT2D eigenvalue weighted by Crippen LogP contribution is -2.32. The number of hydrogen-bond acceptors (Lipinski definition) is 4. The average Bonchev–Trinajstić information content (AvgIpc) is 2.77. The van der Waals surface area contributed by atoms with Crippen LogP contribution in [0.5, 0.6) is 5.75 Å². The number of carbonyl (C=O) groups is 1. The molecule has 0 radical (unpaired) electrons. The standard InChI is InChI=1S/C25H25ClN2O3/c1-17-12-20(4-7-24(17)31-16-18-2-5-22(26)6-3-18)23-13-19-8-10-28(11-9-25(29)30)15-21(19)14-27-23/h2-7,12-14H,8-11,15-16H2,1H3,(H,29,30). The minimum absolute atomic E-state index is 0.173. The zero-order valence-electron chi connectivity index (χ0n) is 17.5. The van der Waals surface area contributed by atoms with Crippen LogP contribution in [0.15, 0.2) is 54.7 Å². The van der Waals surface area contributed by atoms with Crippen LogP contribution >= 0.6 is 11.6 Å². The van der Waals surface area contributed by atoms with E-state index >= 15 is 0 Å². The largest absolute Gasteiger partial charge is 0.489 e. The summed E-state index contributed by atoms with van der Waals surface area (Å²) in [5.74, 6) is 0.0981. The van der Waals surface area contributed by atoms with Crippen molar-refractivity contribution in [3.63, 3.8) is 0 Å². The Balaban J connectivity index is 1.43. The molecule has 5 nitrogen and oxygen atoms in total. The van der Waals surface area contributed by atoms with Gasteiger partial charge in [-0.2, -0.15) is 0 Å². The molecule has 0 bridgehead atoms. The molecule has 1 aliphatic rings. The van der Waals surface area contributed by atoms with Crippen LogP contribution in [0.1, 0.15) is 28.7 Å². The third-order valence-electron chi connectivity index (χ3n) is 5.59. The van der Waals surface area contributed by atoms with Crippen LogP contribution in [0, 0.1) is 6.92 Å². The number of aromatic nitrogens is 1.